The largest absolute Gasteiger partial charge is 0.488 e. The Morgan fingerprint density at radius 1 is 0.488 bits per heavy atom. The zero-order valence-corrected chi connectivity index (χ0v) is 69.0. The van der Waals surface area contributed by atoms with E-state index < -0.39 is 47.1 Å². The number of hydrogen-bond acceptors (Lipinski definition) is 17. The first-order valence-electron chi connectivity index (χ1n) is 41.0. The third kappa shape index (κ3) is 19.4. The summed E-state index contributed by atoms with van der Waals surface area (Å²) in [5, 5.41) is 31.9. The second-order valence-electron chi connectivity index (χ2n) is 31.5. The number of hydrogen-bond donors (Lipinski definition) is 3. The second kappa shape index (κ2) is 37.1. The molecule has 0 spiro atoms. The summed E-state index contributed by atoms with van der Waals surface area (Å²) in [6, 6.07) is 49.0. The number of pyridine rings is 3. The van der Waals surface area contributed by atoms with Crippen molar-refractivity contribution in [2.45, 2.75) is 143 Å². The molecule has 0 saturated carbocycles. The van der Waals surface area contributed by atoms with Gasteiger partial charge >= 0.3 is 30.3 Å². The number of nitrogens with zero attached hydrogens (tertiary/aromatic N) is 12. The molecule has 0 amide bonds. The van der Waals surface area contributed by atoms with Crippen molar-refractivity contribution >= 4 is 17.9 Å². The number of halogens is 6. The number of carboxylic acids is 3. The summed E-state index contributed by atoms with van der Waals surface area (Å²) >= 11 is 0. The maximum atomic E-state index is 14.2. The van der Waals surface area contributed by atoms with Crippen molar-refractivity contribution in [2.75, 3.05) is 53.1 Å². The second-order valence-corrected chi connectivity index (χ2v) is 31.5. The average Bonchev–Trinajstić information content (AvgIpc) is 1.63. The fourth-order valence-corrected chi connectivity index (χ4v) is 16.8. The van der Waals surface area contributed by atoms with Crippen LogP contribution in [0.3, 0.4) is 0 Å². The van der Waals surface area contributed by atoms with Crippen LogP contribution in [0.25, 0.3) is 62.6 Å². The molecule has 6 aromatic carbocycles. The van der Waals surface area contributed by atoms with Crippen LogP contribution in [0, 0.1) is 20.8 Å². The van der Waals surface area contributed by atoms with E-state index in [0.29, 0.717) is 76.9 Å². The van der Waals surface area contributed by atoms with Gasteiger partial charge in [-0.2, -0.15) is 31.4 Å². The van der Waals surface area contributed by atoms with Gasteiger partial charge in [-0.05, 0) is 208 Å². The number of imidazole rings is 2. The van der Waals surface area contributed by atoms with Crippen molar-refractivity contribution in [3.05, 3.63) is 271 Å². The normalized spacial score (nSPS) is 15.3. The first kappa shape index (κ1) is 85.6. The molecule has 17 rings (SSSR count). The van der Waals surface area contributed by atoms with Crippen LogP contribution in [-0.2, 0) is 94.1 Å². The number of likely N-dealkylation sites (N-methyl/N-ethyl adjacent to an activating group) is 1. The number of para-hydroxylation sites is 2. The molecule has 0 bridgehead atoms. The van der Waals surface area contributed by atoms with Gasteiger partial charge in [0.05, 0.1) is 41.2 Å². The highest BCUT2D eigenvalue weighted by Crippen LogP contribution is 2.44. The lowest BCUT2D eigenvalue weighted by Crippen LogP contribution is -2.42. The van der Waals surface area contributed by atoms with E-state index >= 15 is 0 Å². The number of carboxylic acid groups (broad SMARTS) is 3. The lowest BCUT2D eigenvalue weighted by molar-refractivity contribution is -0.143. The van der Waals surface area contributed by atoms with Crippen LogP contribution in [0.15, 0.2) is 176 Å². The van der Waals surface area contributed by atoms with E-state index in [4.69, 9.17) is 28.7 Å². The monoisotopic (exact) mass is 1680 g/mol. The summed E-state index contributed by atoms with van der Waals surface area (Å²) in [5.41, 5.74) is 14.9. The minimum absolute atomic E-state index is 0.0355. The average molecular weight is 1680 g/mol. The predicted molar refractivity (Wildman–Crippen MR) is 449 cm³/mol. The molecule has 5 aliphatic rings. The molecule has 5 aliphatic heterocycles. The van der Waals surface area contributed by atoms with Gasteiger partial charge in [0.2, 0.25) is 0 Å². The topological polar surface area (TPSA) is 260 Å². The zero-order valence-electron chi connectivity index (χ0n) is 69.0. The summed E-state index contributed by atoms with van der Waals surface area (Å²) in [6.45, 7) is 18.3. The standard InChI is InChI=1S/C33H36N4O4.C32H31F3N4O4.C29H27F3N4O3/c1-3-37-30(33(38)39)19-34-32(37)29-9-5-8-28(35-29)27-7-4-6-22(2)31(27)41-21-23-10-11-25-20-36(15-12-24(25)18-23)26-13-16-40-17-14-26;1-38-28(31(40)41)17-36-30(38)27-7-3-6-26(37-27)24-4-2-5-25(32(33,34)35)29(24)43-19-20-8-9-22-18-39(13-10-21(22)16-20)23-11-14-42-15-12-23;1-17-7-8-25(39-16-21-13-19-9-10-35(3)15-20(19)12-18(21)2)22(11-17)24-5-4-6-26(34-24)36-27(29(30,31)32)23(14-33-36)28(37)38/h4-11,18-19,26H,3,12-17,20-21H2,1-2H3,(H,38,39);2-9,16-17,23H,10-15,18-19H2,1H3,(H,40,41);4-8,11-14H,9-10,15-16H2,1-3H3,(H,37,38). The Hall–Kier alpha value is -12.4. The Morgan fingerprint density at radius 2 is 1.02 bits per heavy atom. The fraction of sp³-hybridized carbons (Fsp3) is 0.330. The molecule has 6 aromatic heterocycles. The van der Waals surface area contributed by atoms with E-state index in [-0.39, 0.29) is 46.6 Å². The van der Waals surface area contributed by atoms with Crippen molar-refractivity contribution < 1.29 is 79.7 Å². The molecule has 12 aromatic rings. The zero-order chi connectivity index (χ0) is 86.4. The van der Waals surface area contributed by atoms with Crippen molar-refractivity contribution in [1.82, 2.24) is 58.5 Å². The van der Waals surface area contributed by atoms with Crippen LogP contribution in [0.2, 0.25) is 0 Å². The van der Waals surface area contributed by atoms with Crippen LogP contribution in [0.1, 0.15) is 142 Å². The fourth-order valence-electron chi connectivity index (χ4n) is 16.8. The van der Waals surface area contributed by atoms with E-state index in [1.54, 1.807) is 41.9 Å². The van der Waals surface area contributed by atoms with Crippen molar-refractivity contribution in [2.24, 2.45) is 7.05 Å². The third-order valence-corrected chi connectivity index (χ3v) is 23.3. The molecule has 0 unspecified atom stereocenters. The van der Waals surface area contributed by atoms with Gasteiger partial charge in [0.25, 0.3) is 0 Å². The molecule has 23 nitrogen and oxygen atoms in total. The minimum atomic E-state index is -4.94. The van der Waals surface area contributed by atoms with Gasteiger partial charge in [-0.3, -0.25) is 9.80 Å². The number of aromatic nitrogens is 9. The summed E-state index contributed by atoms with van der Waals surface area (Å²) in [5.74, 6) is -2.20. The van der Waals surface area contributed by atoms with Gasteiger partial charge < -0.3 is 53.0 Å². The highest BCUT2D eigenvalue weighted by atomic mass is 19.4. The lowest BCUT2D eigenvalue weighted by atomic mass is 9.94. The molecular formula is C94H94F6N12O11. The molecule has 0 radical (unpaired) electrons. The van der Waals surface area contributed by atoms with E-state index in [9.17, 15) is 56.0 Å². The van der Waals surface area contributed by atoms with Gasteiger partial charge in [0, 0.05) is 108 Å². The Morgan fingerprint density at radius 3 is 1.61 bits per heavy atom. The lowest BCUT2D eigenvalue weighted by Gasteiger charge is -2.37. The molecule has 2 fully saturated rings. The molecule has 11 heterocycles. The summed E-state index contributed by atoms with van der Waals surface area (Å²) in [7, 11) is 3.65. The summed E-state index contributed by atoms with van der Waals surface area (Å²) in [6.07, 6.45) is 0.917. The van der Waals surface area contributed by atoms with Gasteiger partial charge in [-0.1, -0.05) is 96.6 Å². The van der Waals surface area contributed by atoms with Crippen molar-refractivity contribution in [1.29, 1.82) is 0 Å². The van der Waals surface area contributed by atoms with Crippen LogP contribution >= 0.6 is 0 Å². The quantitative estimate of drug-likeness (QED) is 0.0565. The predicted octanol–water partition coefficient (Wildman–Crippen LogP) is 17.6. The Balaban J connectivity index is 0.000000143. The number of aromatic carboxylic acids is 3. The number of benzene rings is 6. The molecular weight excluding hydrogens is 1590 g/mol. The van der Waals surface area contributed by atoms with E-state index in [1.807, 2.05) is 87.5 Å². The number of ether oxygens (including phenoxy) is 5. The third-order valence-electron chi connectivity index (χ3n) is 23.3. The van der Waals surface area contributed by atoms with Gasteiger partial charge in [-0.15, -0.1) is 0 Å². The number of aryl methyl sites for hydroxylation is 3. The van der Waals surface area contributed by atoms with Gasteiger partial charge in [-0.25, -0.2) is 44.0 Å². The Labute approximate surface area is 707 Å². The Bertz CT molecular complexity index is 5890. The Kier molecular flexibility index (Phi) is 25.8. The highest BCUT2D eigenvalue weighted by Gasteiger charge is 2.42. The maximum Gasteiger partial charge on any atom is 0.434 e. The van der Waals surface area contributed by atoms with Crippen molar-refractivity contribution in [3.8, 4) is 79.9 Å². The highest BCUT2D eigenvalue weighted by molar-refractivity contribution is 5.89. The number of alkyl halides is 6. The van der Waals surface area contributed by atoms with Crippen LogP contribution < -0.4 is 14.2 Å². The minimum Gasteiger partial charge on any atom is -0.488 e. The maximum absolute atomic E-state index is 14.2. The first-order valence-corrected chi connectivity index (χ1v) is 41.0. The van der Waals surface area contributed by atoms with E-state index in [2.05, 4.69) is 90.1 Å². The molecule has 0 atom stereocenters. The number of rotatable bonds is 21. The molecule has 123 heavy (non-hydrogen) atoms. The molecule has 638 valence electrons. The summed E-state index contributed by atoms with van der Waals surface area (Å²) < 4.78 is 117. The van der Waals surface area contributed by atoms with Crippen LogP contribution in [-0.4, -0.2) is 157 Å². The van der Waals surface area contributed by atoms with Crippen LogP contribution in [0.4, 0.5) is 26.3 Å². The van der Waals surface area contributed by atoms with Gasteiger partial charge in [0.15, 0.2) is 23.2 Å². The molecule has 29 heteroatoms. The van der Waals surface area contributed by atoms with E-state index in [0.717, 1.165) is 167 Å². The number of carbonyl (C=O) groups is 3. The smallest absolute Gasteiger partial charge is 0.434 e. The molecule has 3 N–H and O–H groups in total. The van der Waals surface area contributed by atoms with E-state index in [1.165, 1.54) is 68.5 Å². The molecule has 2 saturated heterocycles. The van der Waals surface area contributed by atoms with Crippen LogP contribution in [0.5, 0.6) is 17.2 Å². The molecule has 0 aliphatic carbocycles. The van der Waals surface area contributed by atoms with Gasteiger partial charge in [0.1, 0.15) is 65.4 Å². The number of fused-ring (bicyclic) bond motifs is 3. The summed E-state index contributed by atoms with van der Waals surface area (Å²) in [4.78, 5) is 64.3. The first-order chi connectivity index (χ1) is 59.2. The SMILES string of the molecule is CCn1c(C(=O)O)cnc1-c1cccc(-c2cccc(C)c2OCc2ccc3c(c2)CCN(C2CCOCC2)C3)n1.Cc1ccc(OCc2cc3c(cc2C)CN(C)CC3)c(-c2cccc(-n3ncc(C(=O)O)c3C(F)(F)F)n2)c1.Cn1c(C(=O)O)cnc1-c1cccc(-c2cccc(C(F)(F)F)c2OCc2ccc3c(c2)CCN(C2CCOCC2)C3)n1. The van der Waals surface area contributed by atoms with Crippen molar-refractivity contribution in [3.63, 3.8) is 0 Å².